The molecule has 3 aromatic rings. The standard InChI is InChI=1S/C31H34FN9/c1-17-23(6-7-26(32)36-17)29(25-16-41(40-39-25)31-10-19(11-31)12-31)38-22-8-20(13-33)27-24(9-22)28(21(14-34)15-35-27)37-18(2)30(3,4)5/h6-9,15-16,18-19,29,38-40H,10-12H2,1-5H3,(H,35,37)/t18-,19?,29+,31?/m1/s1. The molecule has 2 aromatic heterocycles. The number of aryl methyl sites for hydroxylation is 1. The number of pyridine rings is 2. The minimum atomic E-state index is -0.539. The molecule has 3 aliphatic carbocycles. The third-order valence-corrected chi connectivity index (χ3v) is 9.00. The molecular formula is C31H34FN9. The number of hydrogen-bond acceptors (Lipinski definition) is 9. The van der Waals surface area contributed by atoms with Gasteiger partial charge in [0.1, 0.15) is 12.1 Å². The summed E-state index contributed by atoms with van der Waals surface area (Å²) in [5.41, 5.74) is 11.6. The molecule has 1 aromatic carbocycles. The lowest BCUT2D eigenvalue weighted by Gasteiger charge is -2.64. The van der Waals surface area contributed by atoms with Gasteiger partial charge in [-0.15, -0.1) is 5.53 Å². The van der Waals surface area contributed by atoms with Crippen LogP contribution in [-0.4, -0.2) is 26.6 Å². The number of fused-ring (bicyclic) bond motifs is 1. The maximum absolute atomic E-state index is 14.0. The van der Waals surface area contributed by atoms with Gasteiger partial charge in [-0.1, -0.05) is 26.8 Å². The monoisotopic (exact) mass is 551 g/mol. The summed E-state index contributed by atoms with van der Waals surface area (Å²) in [7, 11) is 0. The van der Waals surface area contributed by atoms with E-state index in [0.29, 0.717) is 39.1 Å². The summed E-state index contributed by atoms with van der Waals surface area (Å²) in [4.78, 5) is 8.57. The molecule has 2 atom stereocenters. The molecule has 41 heavy (non-hydrogen) atoms. The summed E-state index contributed by atoms with van der Waals surface area (Å²) in [6.45, 7) is 10.2. The molecule has 0 spiro atoms. The second-order valence-electron chi connectivity index (χ2n) is 12.7. The quantitative estimate of drug-likeness (QED) is 0.280. The summed E-state index contributed by atoms with van der Waals surface area (Å²) in [5, 5.41) is 30.0. The first kappa shape index (κ1) is 26.8. The van der Waals surface area contributed by atoms with Crippen LogP contribution in [0.4, 0.5) is 15.8 Å². The van der Waals surface area contributed by atoms with Crippen molar-refractivity contribution in [2.45, 2.75) is 71.5 Å². The molecule has 3 fully saturated rings. The molecule has 4 N–H and O–H groups in total. The zero-order valence-electron chi connectivity index (χ0n) is 23.9. The van der Waals surface area contributed by atoms with E-state index in [-0.39, 0.29) is 17.0 Å². The largest absolute Gasteiger partial charge is 0.380 e. The highest BCUT2D eigenvalue weighted by molar-refractivity contribution is 5.99. The van der Waals surface area contributed by atoms with E-state index in [1.165, 1.54) is 31.5 Å². The van der Waals surface area contributed by atoms with Crippen molar-refractivity contribution in [3.8, 4) is 12.1 Å². The number of nitrogens with zero attached hydrogens (tertiary/aromatic N) is 5. The lowest BCUT2D eigenvalue weighted by molar-refractivity contribution is -0.141. The molecule has 2 bridgehead atoms. The Bertz CT molecular complexity index is 1640. The average Bonchev–Trinajstić information content (AvgIpc) is 3.34. The Morgan fingerprint density at radius 1 is 1.12 bits per heavy atom. The molecular weight excluding hydrogens is 517 g/mol. The van der Waals surface area contributed by atoms with Crippen LogP contribution in [0.5, 0.6) is 0 Å². The summed E-state index contributed by atoms with van der Waals surface area (Å²) >= 11 is 0. The number of hydrogen-bond donors (Lipinski definition) is 4. The van der Waals surface area contributed by atoms with E-state index in [4.69, 9.17) is 0 Å². The number of nitrogens with one attached hydrogen (secondary N) is 4. The van der Waals surface area contributed by atoms with Gasteiger partial charge < -0.3 is 16.1 Å². The van der Waals surface area contributed by atoms with Crippen molar-refractivity contribution in [1.82, 2.24) is 25.9 Å². The minimum Gasteiger partial charge on any atom is -0.380 e. The van der Waals surface area contributed by atoms with Crippen LogP contribution in [0, 0.1) is 46.9 Å². The minimum absolute atomic E-state index is 0.0323. The average molecular weight is 552 g/mol. The first-order chi connectivity index (χ1) is 19.5. The van der Waals surface area contributed by atoms with E-state index in [9.17, 15) is 14.9 Å². The van der Waals surface area contributed by atoms with E-state index in [0.717, 1.165) is 17.2 Å². The number of halogens is 1. The molecule has 0 unspecified atom stereocenters. The highest BCUT2D eigenvalue weighted by Gasteiger charge is 2.60. The summed E-state index contributed by atoms with van der Waals surface area (Å²) in [6, 6.07) is 10.9. The molecule has 1 aliphatic heterocycles. The lowest BCUT2D eigenvalue weighted by atomic mass is 9.49. The van der Waals surface area contributed by atoms with E-state index in [1.54, 1.807) is 19.1 Å². The zero-order chi connectivity index (χ0) is 29.1. The first-order valence-corrected chi connectivity index (χ1v) is 14.0. The molecule has 3 saturated carbocycles. The molecule has 0 radical (unpaired) electrons. The van der Waals surface area contributed by atoms with Gasteiger partial charge in [0.05, 0.1) is 39.6 Å². The van der Waals surface area contributed by atoms with Crippen LogP contribution in [0.25, 0.3) is 10.9 Å². The van der Waals surface area contributed by atoms with Crippen LogP contribution in [0.15, 0.2) is 42.4 Å². The normalized spacial score (nSPS) is 22.4. The van der Waals surface area contributed by atoms with Crippen LogP contribution >= 0.6 is 0 Å². The van der Waals surface area contributed by atoms with Crippen molar-refractivity contribution in [1.29, 1.82) is 10.5 Å². The number of rotatable bonds is 7. The van der Waals surface area contributed by atoms with E-state index in [2.05, 4.69) is 82.6 Å². The predicted octanol–water partition coefficient (Wildman–Crippen LogP) is 5.54. The number of benzene rings is 1. The maximum Gasteiger partial charge on any atom is 0.213 e. The van der Waals surface area contributed by atoms with E-state index >= 15 is 0 Å². The van der Waals surface area contributed by atoms with Gasteiger partial charge in [0.15, 0.2) is 0 Å². The van der Waals surface area contributed by atoms with Gasteiger partial charge in [0.2, 0.25) is 5.95 Å². The number of anilines is 2. The van der Waals surface area contributed by atoms with Crippen LogP contribution < -0.4 is 21.6 Å². The van der Waals surface area contributed by atoms with Crippen molar-refractivity contribution in [3.63, 3.8) is 0 Å². The van der Waals surface area contributed by atoms with E-state index < -0.39 is 12.0 Å². The molecule has 3 heterocycles. The number of nitriles is 2. The van der Waals surface area contributed by atoms with Crippen LogP contribution in [0.1, 0.15) is 75.4 Å². The Hall–Kier alpha value is -4.41. The Balaban J connectivity index is 1.44. The van der Waals surface area contributed by atoms with Gasteiger partial charge in [0, 0.05) is 40.8 Å². The highest BCUT2D eigenvalue weighted by atomic mass is 19.1. The SMILES string of the molecule is Cc1nc(F)ccc1[C@H](Nc1cc(C#N)c2ncc(C#N)c(N[C@H](C)C(C)(C)C)c2c1)C1=CN(C23CC(C2)C3)NN1. The Morgan fingerprint density at radius 2 is 1.85 bits per heavy atom. The van der Waals surface area contributed by atoms with E-state index in [1.807, 2.05) is 6.07 Å². The fourth-order valence-electron chi connectivity index (χ4n) is 5.94. The summed E-state index contributed by atoms with van der Waals surface area (Å²) in [6.07, 6.45) is 7.12. The van der Waals surface area contributed by atoms with Crippen LogP contribution in [-0.2, 0) is 0 Å². The molecule has 0 saturated heterocycles. The van der Waals surface area contributed by atoms with Gasteiger partial charge >= 0.3 is 0 Å². The smallest absolute Gasteiger partial charge is 0.213 e. The Kier molecular flexibility index (Phi) is 6.28. The highest BCUT2D eigenvalue weighted by Crippen LogP contribution is 2.60. The van der Waals surface area contributed by atoms with Gasteiger partial charge in [-0.05, 0) is 62.6 Å². The van der Waals surface area contributed by atoms with Gasteiger partial charge in [0.25, 0.3) is 0 Å². The maximum atomic E-state index is 14.0. The molecule has 4 aliphatic rings. The van der Waals surface area contributed by atoms with Crippen molar-refractivity contribution in [2.24, 2.45) is 11.3 Å². The number of hydrazine groups is 2. The van der Waals surface area contributed by atoms with Gasteiger partial charge in [-0.25, -0.2) is 4.98 Å². The molecule has 9 nitrogen and oxygen atoms in total. The summed E-state index contributed by atoms with van der Waals surface area (Å²) < 4.78 is 14.0. The van der Waals surface area contributed by atoms with Crippen LogP contribution in [0.3, 0.4) is 0 Å². The second-order valence-corrected chi connectivity index (χ2v) is 12.7. The molecule has 7 rings (SSSR count). The fraction of sp³-hybridized carbons (Fsp3) is 0.419. The number of aromatic nitrogens is 2. The molecule has 10 heteroatoms. The third-order valence-electron chi connectivity index (χ3n) is 9.00. The van der Waals surface area contributed by atoms with Gasteiger partial charge in [-0.3, -0.25) is 9.99 Å². The summed E-state index contributed by atoms with van der Waals surface area (Å²) in [5.74, 6) is 0.285. The van der Waals surface area contributed by atoms with Crippen LogP contribution in [0.2, 0.25) is 0 Å². The Labute approximate surface area is 239 Å². The second kappa shape index (κ2) is 9.60. The Morgan fingerprint density at radius 3 is 2.46 bits per heavy atom. The molecule has 210 valence electrons. The van der Waals surface area contributed by atoms with Gasteiger partial charge in [-0.2, -0.15) is 14.9 Å². The van der Waals surface area contributed by atoms with Crippen molar-refractivity contribution in [3.05, 3.63) is 70.7 Å². The topological polar surface area (TPSA) is 125 Å². The van der Waals surface area contributed by atoms with Crippen molar-refractivity contribution in [2.75, 3.05) is 10.6 Å². The third kappa shape index (κ3) is 4.58. The first-order valence-electron chi connectivity index (χ1n) is 14.0. The lowest BCUT2D eigenvalue weighted by Crippen LogP contribution is -2.69. The van der Waals surface area contributed by atoms with Crippen molar-refractivity contribution < 1.29 is 4.39 Å². The van der Waals surface area contributed by atoms with Crippen molar-refractivity contribution >= 4 is 22.3 Å². The fourth-order valence-corrected chi connectivity index (χ4v) is 5.94. The zero-order valence-corrected chi connectivity index (χ0v) is 23.9. The molecule has 0 amide bonds. The predicted molar refractivity (Wildman–Crippen MR) is 155 cm³/mol.